The molecule has 0 aliphatic heterocycles. The van der Waals surface area contributed by atoms with Crippen molar-refractivity contribution in [2.24, 2.45) is 0 Å². The van der Waals surface area contributed by atoms with E-state index in [9.17, 15) is 4.79 Å². The molecule has 0 bridgehead atoms. The van der Waals surface area contributed by atoms with Crippen LogP contribution < -0.4 is 0 Å². The summed E-state index contributed by atoms with van der Waals surface area (Å²) >= 11 is 0. The predicted octanol–water partition coefficient (Wildman–Crippen LogP) is 4.66. The third-order valence-corrected chi connectivity index (χ3v) is 5.18. The quantitative estimate of drug-likeness (QED) is 0.781. The molecule has 1 aliphatic carbocycles. The molecule has 0 spiro atoms. The van der Waals surface area contributed by atoms with Crippen molar-refractivity contribution in [1.82, 2.24) is 0 Å². The Morgan fingerprint density at radius 1 is 0.714 bits per heavy atom. The molecule has 1 heteroatoms. The number of carbonyl (C=O) groups is 1. The molecular weight excluding hydrogens is 256 g/mol. The van der Waals surface area contributed by atoms with Crippen LogP contribution >= 0.6 is 0 Å². The Hall–Kier alpha value is -1.89. The van der Waals surface area contributed by atoms with Crippen LogP contribution in [-0.2, 0) is 15.6 Å². The highest BCUT2D eigenvalue weighted by molar-refractivity contribution is 5.99. The normalized spacial score (nSPS) is 29.3. The molecule has 0 unspecified atom stereocenters. The molecule has 0 saturated heterocycles. The van der Waals surface area contributed by atoms with Crippen LogP contribution in [0.4, 0.5) is 0 Å². The summed E-state index contributed by atoms with van der Waals surface area (Å²) in [6.45, 7) is 4.23. The summed E-state index contributed by atoms with van der Waals surface area (Å²) in [5.41, 5.74) is 1.56. The number of ketones is 1. The number of rotatable bonds is 2. The Bertz CT molecular complexity index is 576. The first-order valence-electron chi connectivity index (χ1n) is 7.73. The number of hydrogen-bond donors (Lipinski definition) is 0. The summed E-state index contributed by atoms with van der Waals surface area (Å²) in [7, 11) is 0. The fourth-order valence-corrected chi connectivity index (χ4v) is 3.79. The highest BCUT2D eigenvalue weighted by atomic mass is 16.1. The van der Waals surface area contributed by atoms with Crippen molar-refractivity contribution in [3.63, 3.8) is 0 Å². The van der Waals surface area contributed by atoms with Crippen LogP contribution in [0, 0.1) is 0 Å². The van der Waals surface area contributed by atoms with Gasteiger partial charge in [0.2, 0.25) is 0 Å². The first-order chi connectivity index (χ1) is 10.1. The van der Waals surface area contributed by atoms with Gasteiger partial charge in [-0.25, -0.2) is 0 Å². The molecule has 2 atom stereocenters. The van der Waals surface area contributed by atoms with Crippen molar-refractivity contribution in [3.05, 3.63) is 71.8 Å². The minimum absolute atomic E-state index is 0.360. The average molecular weight is 278 g/mol. The Labute approximate surface area is 127 Å². The zero-order valence-electron chi connectivity index (χ0n) is 12.8. The van der Waals surface area contributed by atoms with Crippen molar-refractivity contribution < 1.29 is 4.79 Å². The number of hydrogen-bond acceptors (Lipinski definition) is 1. The molecule has 0 amide bonds. The summed E-state index contributed by atoms with van der Waals surface area (Å²) < 4.78 is 0. The first-order valence-corrected chi connectivity index (χ1v) is 7.73. The van der Waals surface area contributed by atoms with Crippen LogP contribution in [0.2, 0.25) is 0 Å². The summed E-state index contributed by atoms with van der Waals surface area (Å²) in [6, 6.07) is 20.5. The number of carbonyl (C=O) groups excluding carboxylic acids is 1. The monoisotopic (exact) mass is 278 g/mol. The zero-order chi connectivity index (χ0) is 14.9. The minimum Gasteiger partial charge on any atom is -0.298 e. The largest absolute Gasteiger partial charge is 0.298 e. The van der Waals surface area contributed by atoms with E-state index in [1.807, 2.05) is 36.4 Å². The van der Waals surface area contributed by atoms with E-state index in [4.69, 9.17) is 0 Å². The van der Waals surface area contributed by atoms with Crippen LogP contribution in [0.5, 0.6) is 0 Å². The molecule has 0 N–H and O–H groups in total. The first kappa shape index (κ1) is 14.1. The molecule has 2 aromatic rings. The highest BCUT2D eigenvalue weighted by Gasteiger charge is 2.49. The maximum atomic E-state index is 13.4. The molecule has 3 rings (SSSR count). The maximum Gasteiger partial charge on any atom is 0.153 e. The van der Waals surface area contributed by atoms with Crippen LogP contribution in [0.1, 0.15) is 44.2 Å². The van der Waals surface area contributed by atoms with E-state index in [1.54, 1.807) is 0 Å². The van der Waals surface area contributed by atoms with E-state index in [0.29, 0.717) is 5.78 Å². The van der Waals surface area contributed by atoms with Crippen LogP contribution in [0.25, 0.3) is 0 Å². The standard InChI is InChI=1S/C20H22O/c1-19(16-10-5-3-6-11-16)14-9-15-20(2,18(19)21)17-12-7-4-8-13-17/h3-8,10-13H,9,14-15H2,1-2H3/t19-,20+. The van der Waals surface area contributed by atoms with Gasteiger partial charge < -0.3 is 0 Å². The molecule has 0 heterocycles. The maximum absolute atomic E-state index is 13.4. The lowest BCUT2D eigenvalue weighted by atomic mass is 9.58. The predicted molar refractivity (Wildman–Crippen MR) is 86.4 cm³/mol. The van der Waals surface area contributed by atoms with Crippen LogP contribution in [0.15, 0.2) is 60.7 Å². The van der Waals surface area contributed by atoms with E-state index in [1.165, 1.54) is 0 Å². The van der Waals surface area contributed by atoms with E-state index >= 15 is 0 Å². The molecule has 1 saturated carbocycles. The van der Waals surface area contributed by atoms with Gasteiger partial charge in [-0.1, -0.05) is 67.1 Å². The SMILES string of the molecule is C[C@]1(c2ccccc2)CCC[C@@](C)(c2ccccc2)C1=O. The fourth-order valence-electron chi connectivity index (χ4n) is 3.79. The minimum atomic E-state index is -0.371. The summed E-state index contributed by atoms with van der Waals surface area (Å²) in [6.07, 6.45) is 2.97. The van der Waals surface area contributed by atoms with Crippen LogP contribution in [-0.4, -0.2) is 5.78 Å². The Kier molecular flexibility index (Phi) is 3.44. The molecular formula is C20H22O. The number of benzene rings is 2. The third kappa shape index (κ3) is 2.21. The van der Waals surface area contributed by atoms with Crippen molar-refractivity contribution in [2.75, 3.05) is 0 Å². The van der Waals surface area contributed by atoms with Gasteiger partial charge in [0, 0.05) is 0 Å². The highest BCUT2D eigenvalue weighted by Crippen LogP contribution is 2.46. The van der Waals surface area contributed by atoms with Gasteiger partial charge in [-0.15, -0.1) is 0 Å². The third-order valence-electron chi connectivity index (χ3n) is 5.18. The van der Waals surface area contributed by atoms with Crippen molar-refractivity contribution in [1.29, 1.82) is 0 Å². The van der Waals surface area contributed by atoms with Gasteiger partial charge >= 0.3 is 0 Å². The second-order valence-electron chi connectivity index (χ2n) is 6.58. The van der Waals surface area contributed by atoms with Gasteiger partial charge in [-0.05, 0) is 37.8 Å². The molecule has 0 radical (unpaired) electrons. The van der Waals surface area contributed by atoms with E-state index in [2.05, 4.69) is 38.1 Å². The fraction of sp³-hybridized carbons (Fsp3) is 0.350. The molecule has 1 nitrogen and oxygen atoms in total. The number of Topliss-reactive ketones (excluding diaryl/α,β-unsaturated/α-hetero) is 1. The lowest BCUT2D eigenvalue weighted by molar-refractivity contribution is -0.132. The second kappa shape index (κ2) is 5.14. The van der Waals surface area contributed by atoms with Crippen LogP contribution in [0.3, 0.4) is 0 Å². The zero-order valence-corrected chi connectivity index (χ0v) is 12.8. The summed E-state index contributed by atoms with van der Waals surface area (Å²) in [4.78, 5) is 13.4. The Balaban J connectivity index is 2.05. The topological polar surface area (TPSA) is 17.1 Å². The van der Waals surface area contributed by atoms with E-state index in [-0.39, 0.29) is 10.8 Å². The van der Waals surface area contributed by atoms with Gasteiger partial charge in [-0.3, -0.25) is 4.79 Å². The lowest BCUT2D eigenvalue weighted by Gasteiger charge is -2.43. The average Bonchev–Trinajstić information content (AvgIpc) is 2.54. The Morgan fingerprint density at radius 3 is 1.48 bits per heavy atom. The van der Waals surface area contributed by atoms with Crippen molar-refractivity contribution in [2.45, 2.75) is 43.9 Å². The molecule has 1 aliphatic rings. The molecule has 21 heavy (non-hydrogen) atoms. The van der Waals surface area contributed by atoms with E-state index in [0.717, 1.165) is 30.4 Å². The van der Waals surface area contributed by atoms with Gasteiger partial charge in [-0.2, -0.15) is 0 Å². The van der Waals surface area contributed by atoms with Crippen molar-refractivity contribution >= 4 is 5.78 Å². The van der Waals surface area contributed by atoms with Gasteiger partial charge in [0.1, 0.15) is 0 Å². The summed E-state index contributed by atoms with van der Waals surface area (Å²) in [5.74, 6) is 0.360. The molecule has 0 aromatic heterocycles. The molecule has 1 fully saturated rings. The second-order valence-corrected chi connectivity index (χ2v) is 6.58. The smallest absolute Gasteiger partial charge is 0.153 e. The van der Waals surface area contributed by atoms with Gasteiger partial charge in [0.15, 0.2) is 5.78 Å². The van der Waals surface area contributed by atoms with E-state index < -0.39 is 0 Å². The molecule has 2 aromatic carbocycles. The van der Waals surface area contributed by atoms with Gasteiger partial charge in [0.05, 0.1) is 10.8 Å². The Morgan fingerprint density at radius 2 is 1.10 bits per heavy atom. The lowest BCUT2D eigenvalue weighted by Crippen LogP contribution is -2.49. The van der Waals surface area contributed by atoms with Crippen molar-refractivity contribution in [3.8, 4) is 0 Å². The van der Waals surface area contributed by atoms with Gasteiger partial charge in [0.25, 0.3) is 0 Å². The molecule has 108 valence electrons. The summed E-state index contributed by atoms with van der Waals surface area (Å²) in [5, 5.41) is 0.